The Morgan fingerprint density at radius 1 is 1.59 bits per heavy atom. The van der Waals surface area contributed by atoms with Crippen molar-refractivity contribution < 1.29 is 4.79 Å². The largest absolute Gasteiger partial charge is 0.351 e. The Labute approximate surface area is 97.7 Å². The lowest BCUT2D eigenvalue weighted by molar-refractivity contribution is 0.0948. The van der Waals surface area contributed by atoms with Crippen LogP contribution in [0.1, 0.15) is 29.5 Å². The maximum absolute atomic E-state index is 11.7. The summed E-state index contributed by atoms with van der Waals surface area (Å²) < 4.78 is 1.43. The molecule has 2 aromatic heterocycles. The fourth-order valence-electron chi connectivity index (χ4n) is 1.56. The summed E-state index contributed by atoms with van der Waals surface area (Å²) in [5.41, 5.74) is 1.09. The van der Waals surface area contributed by atoms with Crippen LogP contribution >= 0.6 is 0 Å². The normalized spacial score (nSPS) is 10.7. The van der Waals surface area contributed by atoms with Gasteiger partial charge >= 0.3 is 0 Å². The molecule has 2 rings (SSSR count). The molecule has 0 saturated heterocycles. The molecule has 2 heterocycles. The molecule has 0 aromatic carbocycles. The van der Waals surface area contributed by atoms with Gasteiger partial charge < -0.3 is 10.3 Å². The van der Waals surface area contributed by atoms with Crippen LogP contribution in [0.3, 0.4) is 0 Å². The standard InChI is InChI=1S/C11H14N4O2/c1-3-4-12-10(16)8-5-9-11(17)13-7(2)6-15(9)14-8/h5-6H,3-4H2,1-2H3,(H,12,16)(H,13,17). The topological polar surface area (TPSA) is 79.3 Å². The Hall–Kier alpha value is -2.11. The summed E-state index contributed by atoms with van der Waals surface area (Å²) in [5.74, 6) is -0.257. The second kappa shape index (κ2) is 4.40. The predicted molar refractivity (Wildman–Crippen MR) is 63.2 cm³/mol. The average Bonchev–Trinajstić information content (AvgIpc) is 2.69. The predicted octanol–water partition coefficient (Wildman–Crippen LogP) is 0.471. The molecule has 0 spiro atoms. The number of nitrogens with one attached hydrogen (secondary N) is 2. The van der Waals surface area contributed by atoms with Crippen LogP contribution in [0.25, 0.3) is 5.52 Å². The van der Waals surface area contributed by atoms with E-state index in [4.69, 9.17) is 0 Å². The first-order valence-electron chi connectivity index (χ1n) is 5.49. The number of aryl methyl sites for hydroxylation is 1. The van der Waals surface area contributed by atoms with Crippen molar-refractivity contribution in [3.8, 4) is 0 Å². The summed E-state index contributed by atoms with van der Waals surface area (Å²) in [4.78, 5) is 25.9. The lowest BCUT2D eigenvalue weighted by Crippen LogP contribution is -2.24. The van der Waals surface area contributed by atoms with E-state index in [-0.39, 0.29) is 17.2 Å². The molecule has 0 atom stereocenters. The molecule has 0 radical (unpaired) electrons. The minimum absolute atomic E-state index is 0.243. The average molecular weight is 234 g/mol. The third-order valence-corrected chi connectivity index (χ3v) is 2.36. The summed E-state index contributed by atoms with van der Waals surface area (Å²) >= 11 is 0. The second-order valence-corrected chi connectivity index (χ2v) is 3.88. The van der Waals surface area contributed by atoms with E-state index in [0.29, 0.717) is 17.8 Å². The molecule has 0 unspecified atom stereocenters. The fraction of sp³-hybridized carbons (Fsp3) is 0.364. The van der Waals surface area contributed by atoms with Crippen molar-refractivity contribution in [1.29, 1.82) is 0 Å². The van der Waals surface area contributed by atoms with Gasteiger partial charge in [-0.05, 0) is 13.3 Å². The van der Waals surface area contributed by atoms with Crippen molar-refractivity contribution in [1.82, 2.24) is 19.9 Å². The van der Waals surface area contributed by atoms with Crippen LogP contribution in [0.15, 0.2) is 17.1 Å². The van der Waals surface area contributed by atoms with E-state index in [0.717, 1.165) is 6.42 Å². The Balaban J connectivity index is 2.41. The highest BCUT2D eigenvalue weighted by Gasteiger charge is 2.11. The third kappa shape index (κ3) is 2.20. The van der Waals surface area contributed by atoms with Crippen molar-refractivity contribution in [3.05, 3.63) is 34.0 Å². The number of H-pyrrole nitrogens is 1. The van der Waals surface area contributed by atoms with Crippen molar-refractivity contribution in [2.24, 2.45) is 0 Å². The van der Waals surface area contributed by atoms with Gasteiger partial charge in [-0.25, -0.2) is 4.52 Å². The molecule has 1 amide bonds. The Morgan fingerprint density at radius 2 is 2.35 bits per heavy atom. The number of nitrogens with zero attached hydrogens (tertiary/aromatic N) is 2. The summed E-state index contributed by atoms with van der Waals surface area (Å²) in [6.45, 7) is 4.33. The lowest BCUT2D eigenvalue weighted by Gasteiger charge is -1.98. The van der Waals surface area contributed by atoms with Crippen molar-refractivity contribution in [3.63, 3.8) is 0 Å². The first-order chi connectivity index (χ1) is 8.11. The van der Waals surface area contributed by atoms with Crippen LogP contribution in [0.5, 0.6) is 0 Å². The van der Waals surface area contributed by atoms with Crippen LogP contribution in [-0.2, 0) is 0 Å². The molecule has 0 fully saturated rings. The number of carbonyl (C=O) groups excluding carboxylic acids is 1. The molecule has 2 N–H and O–H groups in total. The van der Waals surface area contributed by atoms with Gasteiger partial charge in [-0.15, -0.1) is 0 Å². The smallest absolute Gasteiger partial charge is 0.274 e. The zero-order valence-corrected chi connectivity index (χ0v) is 9.78. The van der Waals surface area contributed by atoms with Crippen LogP contribution in [0.4, 0.5) is 0 Å². The summed E-state index contributed by atoms with van der Waals surface area (Å²) in [6.07, 6.45) is 2.53. The first-order valence-corrected chi connectivity index (χ1v) is 5.49. The van der Waals surface area contributed by atoms with Gasteiger partial charge in [-0.3, -0.25) is 9.59 Å². The molecule has 0 saturated carbocycles. The number of rotatable bonds is 3. The first kappa shape index (κ1) is 11.4. The van der Waals surface area contributed by atoms with E-state index in [2.05, 4.69) is 15.4 Å². The number of hydrogen-bond donors (Lipinski definition) is 2. The highest BCUT2D eigenvalue weighted by molar-refractivity contribution is 5.93. The monoisotopic (exact) mass is 234 g/mol. The van der Waals surface area contributed by atoms with Crippen molar-refractivity contribution in [2.75, 3.05) is 6.54 Å². The molecule has 0 aliphatic rings. The summed E-state index contributed by atoms with van der Waals surface area (Å²) in [6, 6.07) is 1.49. The zero-order chi connectivity index (χ0) is 12.4. The number of carbonyl (C=O) groups is 1. The van der Waals surface area contributed by atoms with Gasteiger partial charge in [-0.1, -0.05) is 6.92 Å². The number of aromatic nitrogens is 3. The fourth-order valence-corrected chi connectivity index (χ4v) is 1.56. The van der Waals surface area contributed by atoms with Crippen LogP contribution in [0, 0.1) is 6.92 Å². The molecular formula is C11H14N4O2. The van der Waals surface area contributed by atoms with Crippen LogP contribution in [0.2, 0.25) is 0 Å². The van der Waals surface area contributed by atoms with Crippen molar-refractivity contribution in [2.45, 2.75) is 20.3 Å². The van der Waals surface area contributed by atoms with Gasteiger partial charge in [0.2, 0.25) is 0 Å². The van der Waals surface area contributed by atoms with Gasteiger partial charge in [0.1, 0.15) is 5.52 Å². The van der Waals surface area contributed by atoms with Gasteiger partial charge in [0.05, 0.1) is 0 Å². The van der Waals surface area contributed by atoms with E-state index in [9.17, 15) is 9.59 Å². The van der Waals surface area contributed by atoms with Crippen LogP contribution in [-0.4, -0.2) is 27.0 Å². The maximum Gasteiger partial charge on any atom is 0.274 e. The van der Waals surface area contributed by atoms with E-state index in [1.165, 1.54) is 10.6 Å². The molecule has 0 bridgehead atoms. The Morgan fingerprint density at radius 3 is 3.06 bits per heavy atom. The van der Waals surface area contributed by atoms with Gasteiger partial charge in [-0.2, -0.15) is 5.10 Å². The lowest BCUT2D eigenvalue weighted by atomic mass is 10.3. The molecule has 6 heteroatoms. The van der Waals surface area contributed by atoms with Gasteiger partial charge in [0, 0.05) is 24.5 Å². The number of fused-ring (bicyclic) bond motifs is 1. The van der Waals surface area contributed by atoms with E-state index >= 15 is 0 Å². The minimum atomic E-state index is -0.257. The molecular weight excluding hydrogens is 220 g/mol. The molecule has 17 heavy (non-hydrogen) atoms. The molecule has 0 aliphatic heterocycles. The maximum atomic E-state index is 11.7. The van der Waals surface area contributed by atoms with Gasteiger partial charge in [0.25, 0.3) is 11.5 Å². The van der Waals surface area contributed by atoms with Gasteiger partial charge in [0.15, 0.2) is 5.69 Å². The Bertz CT molecular complexity index is 611. The van der Waals surface area contributed by atoms with Crippen molar-refractivity contribution >= 4 is 11.4 Å². The zero-order valence-electron chi connectivity index (χ0n) is 9.78. The van der Waals surface area contributed by atoms with E-state index in [1.807, 2.05) is 6.92 Å². The molecule has 90 valence electrons. The summed E-state index contributed by atoms with van der Waals surface area (Å²) in [7, 11) is 0. The quantitative estimate of drug-likeness (QED) is 0.810. The van der Waals surface area contributed by atoms with Crippen LogP contribution < -0.4 is 10.9 Å². The minimum Gasteiger partial charge on any atom is -0.351 e. The highest BCUT2D eigenvalue weighted by atomic mass is 16.2. The molecule has 2 aromatic rings. The number of amides is 1. The van der Waals surface area contributed by atoms with E-state index < -0.39 is 0 Å². The summed E-state index contributed by atoms with van der Waals surface area (Å²) in [5, 5.41) is 6.79. The molecule has 6 nitrogen and oxygen atoms in total. The Kier molecular flexibility index (Phi) is 2.95. The molecule has 0 aliphatic carbocycles. The SMILES string of the molecule is CCCNC(=O)c1cc2c(=O)[nH]c(C)cn2n1. The number of aromatic amines is 1. The second-order valence-electron chi connectivity index (χ2n) is 3.88. The highest BCUT2D eigenvalue weighted by Crippen LogP contribution is 2.02. The third-order valence-electron chi connectivity index (χ3n) is 2.36. The van der Waals surface area contributed by atoms with E-state index in [1.54, 1.807) is 13.1 Å². The number of hydrogen-bond acceptors (Lipinski definition) is 3.